The van der Waals surface area contributed by atoms with Crippen LogP contribution in [0, 0.1) is 0 Å². The lowest BCUT2D eigenvalue weighted by molar-refractivity contribution is 0.283. The zero-order chi connectivity index (χ0) is 15.2. The van der Waals surface area contributed by atoms with Crippen LogP contribution in [-0.4, -0.2) is 30.3 Å². The third-order valence-corrected chi connectivity index (χ3v) is 4.49. The number of hydrogen-bond acceptors (Lipinski definition) is 3. The van der Waals surface area contributed by atoms with E-state index >= 15 is 0 Å². The number of benzene rings is 1. The van der Waals surface area contributed by atoms with E-state index in [1.807, 2.05) is 0 Å². The van der Waals surface area contributed by atoms with Crippen LogP contribution in [0.3, 0.4) is 0 Å². The normalized spacial score (nSPS) is 15.3. The highest BCUT2D eigenvalue weighted by molar-refractivity contribution is 6.31. The second kappa shape index (κ2) is 8.02. The van der Waals surface area contributed by atoms with Crippen LogP contribution in [0.2, 0.25) is 5.02 Å². The smallest absolute Gasteiger partial charge is 0.0471 e. The molecular formula is C17H27ClN2O. The molecule has 1 fully saturated rings. The van der Waals surface area contributed by atoms with Gasteiger partial charge in [0.25, 0.3) is 0 Å². The largest absolute Gasteiger partial charge is 0.396 e. The van der Waals surface area contributed by atoms with Gasteiger partial charge >= 0.3 is 0 Å². The standard InChI is InChI=1S/C17H27ClN2O/c1-13(2)19-12-14-7-8-16(11-17(14)18)20(9-4-10-21)15-5-3-6-15/h7-8,11,13,15,19,21H,3-6,9-10,12H2,1-2H3. The van der Waals surface area contributed by atoms with Crippen LogP contribution < -0.4 is 10.2 Å². The van der Waals surface area contributed by atoms with Crippen molar-refractivity contribution in [2.75, 3.05) is 18.1 Å². The highest BCUT2D eigenvalue weighted by Gasteiger charge is 2.25. The van der Waals surface area contributed by atoms with Crippen LogP contribution in [0.1, 0.15) is 45.1 Å². The van der Waals surface area contributed by atoms with Crippen molar-refractivity contribution in [1.82, 2.24) is 5.32 Å². The fourth-order valence-corrected chi connectivity index (χ4v) is 2.88. The first-order valence-electron chi connectivity index (χ1n) is 8.01. The molecule has 1 aliphatic rings. The number of rotatable bonds is 8. The first-order valence-corrected chi connectivity index (χ1v) is 8.39. The maximum atomic E-state index is 9.09. The minimum Gasteiger partial charge on any atom is -0.396 e. The molecule has 0 aromatic heterocycles. The van der Waals surface area contributed by atoms with Crippen LogP contribution in [0.25, 0.3) is 0 Å². The van der Waals surface area contributed by atoms with Gasteiger partial charge in [0, 0.05) is 42.5 Å². The monoisotopic (exact) mass is 310 g/mol. The summed E-state index contributed by atoms with van der Waals surface area (Å²) in [5.74, 6) is 0. The summed E-state index contributed by atoms with van der Waals surface area (Å²) in [6, 6.07) is 7.44. The Morgan fingerprint density at radius 1 is 1.38 bits per heavy atom. The molecule has 1 aliphatic carbocycles. The maximum Gasteiger partial charge on any atom is 0.0471 e. The van der Waals surface area contributed by atoms with Crippen molar-refractivity contribution in [2.24, 2.45) is 0 Å². The van der Waals surface area contributed by atoms with Gasteiger partial charge in [-0.1, -0.05) is 31.5 Å². The van der Waals surface area contributed by atoms with E-state index in [-0.39, 0.29) is 6.61 Å². The molecule has 1 aromatic carbocycles. The van der Waals surface area contributed by atoms with Gasteiger partial charge in [-0.15, -0.1) is 0 Å². The molecule has 2 rings (SSSR count). The van der Waals surface area contributed by atoms with Gasteiger partial charge in [0.15, 0.2) is 0 Å². The molecule has 118 valence electrons. The summed E-state index contributed by atoms with van der Waals surface area (Å²) in [4.78, 5) is 2.41. The Morgan fingerprint density at radius 2 is 2.14 bits per heavy atom. The Labute approximate surface area is 133 Å². The molecule has 0 amide bonds. The predicted molar refractivity (Wildman–Crippen MR) is 90.1 cm³/mol. The van der Waals surface area contributed by atoms with E-state index in [0.29, 0.717) is 12.1 Å². The summed E-state index contributed by atoms with van der Waals surface area (Å²) in [6.07, 6.45) is 4.62. The Bertz CT molecular complexity index is 446. The average Bonchev–Trinajstić information content (AvgIpc) is 2.39. The summed E-state index contributed by atoms with van der Waals surface area (Å²) in [7, 11) is 0. The van der Waals surface area contributed by atoms with E-state index in [2.05, 4.69) is 42.3 Å². The van der Waals surface area contributed by atoms with E-state index in [4.69, 9.17) is 16.7 Å². The number of nitrogens with zero attached hydrogens (tertiary/aromatic N) is 1. The molecule has 0 aliphatic heterocycles. The number of nitrogens with one attached hydrogen (secondary N) is 1. The van der Waals surface area contributed by atoms with Crippen LogP contribution in [-0.2, 0) is 6.54 Å². The number of aliphatic hydroxyl groups is 1. The lowest BCUT2D eigenvalue weighted by atomic mass is 9.91. The van der Waals surface area contributed by atoms with Crippen molar-refractivity contribution in [3.05, 3.63) is 28.8 Å². The lowest BCUT2D eigenvalue weighted by Crippen LogP contribution is -2.41. The number of halogens is 1. The second-order valence-electron chi connectivity index (χ2n) is 6.17. The molecule has 0 atom stereocenters. The van der Waals surface area contributed by atoms with Gasteiger partial charge in [-0.2, -0.15) is 0 Å². The average molecular weight is 311 g/mol. The molecule has 4 heteroatoms. The van der Waals surface area contributed by atoms with Crippen LogP contribution in [0.4, 0.5) is 5.69 Å². The number of aliphatic hydroxyl groups excluding tert-OH is 1. The summed E-state index contributed by atoms with van der Waals surface area (Å²) in [5.41, 5.74) is 2.33. The Hall–Kier alpha value is -0.770. The van der Waals surface area contributed by atoms with Crippen LogP contribution in [0.5, 0.6) is 0 Å². The van der Waals surface area contributed by atoms with Gasteiger partial charge < -0.3 is 15.3 Å². The van der Waals surface area contributed by atoms with Crippen molar-refractivity contribution in [3.63, 3.8) is 0 Å². The van der Waals surface area contributed by atoms with E-state index in [9.17, 15) is 0 Å². The zero-order valence-corrected chi connectivity index (χ0v) is 13.9. The van der Waals surface area contributed by atoms with E-state index < -0.39 is 0 Å². The van der Waals surface area contributed by atoms with E-state index in [1.165, 1.54) is 24.9 Å². The molecule has 0 heterocycles. The molecule has 2 N–H and O–H groups in total. The fraction of sp³-hybridized carbons (Fsp3) is 0.647. The zero-order valence-electron chi connectivity index (χ0n) is 13.1. The molecule has 0 radical (unpaired) electrons. The van der Waals surface area contributed by atoms with Gasteiger partial charge in [-0.05, 0) is 43.4 Å². The van der Waals surface area contributed by atoms with Crippen molar-refractivity contribution >= 4 is 17.3 Å². The predicted octanol–water partition coefficient (Wildman–Crippen LogP) is 3.58. The molecule has 21 heavy (non-hydrogen) atoms. The molecule has 0 bridgehead atoms. The van der Waals surface area contributed by atoms with Crippen molar-refractivity contribution in [3.8, 4) is 0 Å². The molecule has 1 aromatic rings. The van der Waals surface area contributed by atoms with Gasteiger partial charge in [-0.3, -0.25) is 0 Å². The Balaban J connectivity index is 2.08. The van der Waals surface area contributed by atoms with Crippen molar-refractivity contribution in [2.45, 2.75) is 58.2 Å². The van der Waals surface area contributed by atoms with Gasteiger partial charge in [0.2, 0.25) is 0 Å². The first kappa shape index (κ1) is 16.6. The summed E-state index contributed by atoms with van der Waals surface area (Å²) >= 11 is 6.44. The summed E-state index contributed by atoms with van der Waals surface area (Å²) in [5, 5.41) is 13.3. The minimum absolute atomic E-state index is 0.243. The first-order chi connectivity index (χ1) is 10.1. The van der Waals surface area contributed by atoms with Crippen LogP contribution in [0.15, 0.2) is 18.2 Å². The highest BCUT2D eigenvalue weighted by atomic mass is 35.5. The highest BCUT2D eigenvalue weighted by Crippen LogP contribution is 2.32. The minimum atomic E-state index is 0.243. The van der Waals surface area contributed by atoms with Crippen molar-refractivity contribution in [1.29, 1.82) is 0 Å². The molecule has 0 unspecified atom stereocenters. The third-order valence-electron chi connectivity index (χ3n) is 4.14. The van der Waals surface area contributed by atoms with E-state index in [1.54, 1.807) is 0 Å². The van der Waals surface area contributed by atoms with Gasteiger partial charge in [0.1, 0.15) is 0 Å². The quantitative estimate of drug-likeness (QED) is 0.770. The molecule has 0 saturated heterocycles. The molecule has 1 saturated carbocycles. The Morgan fingerprint density at radius 3 is 2.67 bits per heavy atom. The van der Waals surface area contributed by atoms with Crippen LogP contribution >= 0.6 is 11.6 Å². The molecule has 0 spiro atoms. The summed E-state index contributed by atoms with van der Waals surface area (Å²) in [6.45, 7) is 6.22. The van der Waals surface area contributed by atoms with Gasteiger partial charge in [0.05, 0.1) is 0 Å². The van der Waals surface area contributed by atoms with E-state index in [0.717, 1.165) is 30.1 Å². The maximum absolute atomic E-state index is 9.09. The lowest BCUT2D eigenvalue weighted by Gasteiger charge is -2.39. The second-order valence-corrected chi connectivity index (χ2v) is 6.57. The Kier molecular flexibility index (Phi) is 6.34. The number of hydrogen-bond donors (Lipinski definition) is 2. The summed E-state index contributed by atoms with van der Waals surface area (Å²) < 4.78 is 0. The van der Waals surface area contributed by atoms with Gasteiger partial charge in [-0.25, -0.2) is 0 Å². The number of anilines is 1. The molecular weight excluding hydrogens is 284 g/mol. The van der Waals surface area contributed by atoms with Crippen molar-refractivity contribution < 1.29 is 5.11 Å². The SMILES string of the molecule is CC(C)NCc1ccc(N(CCCO)C2CCC2)cc1Cl. The topological polar surface area (TPSA) is 35.5 Å². The third kappa shape index (κ3) is 4.60. The molecule has 3 nitrogen and oxygen atoms in total. The fourth-order valence-electron chi connectivity index (χ4n) is 2.63.